The van der Waals surface area contributed by atoms with Crippen LogP contribution in [-0.4, -0.2) is 0 Å². The SMILES string of the molecule is [2H]C([2H])([2H])C1(C([2H])([2H])[2H])c2ccccc2Oc2c(-c3ccc4c5ccccc5c5cc6c7ccccc7c7ccccc7c7ccccc7c6cc5c5ccccc5c4c3)cccc21. The van der Waals surface area contributed by atoms with Crippen LogP contribution in [0.5, 0.6) is 11.5 Å². The first-order valence-corrected chi connectivity index (χ1v) is 19.8. The van der Waals surface area contributed by atoms with E-state index in [0.29, 0.717) is 5.56 Å². The van der Waals surface area contributed by atoms with E-state index >= 15 is 0 Å². The molecule has 0 fully saturated rings. The van der Waals surface area contributed by atoms with E-state index in [2.05, 4.69) is 146 Å². The van der Waals surface area contributed by atoms with E-state index in [1.54, 1.807) is 36.4 Å². The highest BCUT2D eigenvalue weighted by Crippen LogP contribution is 2.51. The van der Waals surface area contributed by atoms with Crippen LogP contribution in [0.4, 0.5) is 0 Å². The van der Waals surface area contributed by atoms with Crippen LogP contribution in [0.15, 0.2) is 194 Å². The molecule has 1 aliphatic heterocycles. The van der Waals surface area contributed by atoms with Crippen molar-refractivity contribution in [3.8, 4) is 22.6 Å². The first-order chi connectivity index (χ1) is 31.0. The molecule has 0 radical (unpaired) electrons. The molecule has 0 unspecified atom stereocenters. The van der Waals surface area contributed by atoms with Gasteiger partial charge in [0.25, 0.3) is 0 Å². The monoisotopic (exact) mass is 744 g/mol. The van der Waals surface area contributed by atoms with Crippen molar-refractivity contribution >= 4 is 86.2 Å². The Kier molecular flexibility index (Phi) is 5.85. The Morgan fingerprint density at radius 1 is 0.328 bits per heavy atom. The molecule has 12 rings (SSSR count). The van der Waals surface area contributed by atoms with E-state index in [-0.39, 0.29) is 22.6 Å². The first kappa shape index (κ1) is 27.4. The molecule has 1 heteroatoms. The summed E-state index contributed by atoms with van der Waals surface area (Å²) < 4.78 is 59.7. The van der Waals surface area contributed by atoms with E-state index < -0.39 is 19.1 Å². The molecule has 58 heavy (non-hydrogen) atoms. The Morgan fingerprint density at radius 2 is 0.690 bits per heavy atom. The van der Waals surface area contributed by atoms with Crippen molar-refractivity contribution in [2.24, 2.45) is 0 Å². The summed E-state index contributed by atoms with van der Waals surface area (Å²) in [7, 11) is 0. The van der Waals surface area contributed by atoms with Gasteiger partial charge in [-0.15, -0.1) is 0 Å². The number of benzene rings is 9. The molecule has 1 aliphatic rings. The molecule has 0 spiro atoms. The smallest absolute Gasteiger partial charge is 0.139 e. The maximum Gasteiger partial charge on any atom is 0.139 e. The van der Waals surface area contributed by atoms with Crippen molar-refractivity contribution in [2.45, 2.75) is 19.1 Å². The second-order valence-electron chi connectivity index (χ2n) is 15.5. The highest BCUT2D eigenvalue weighted by molar-refractivity contribution is 6.32. The fraction of sp³-hybridized carbons (Fsp3) is 0.0526. The second-order valence-corrected chi connectivity index (χ2v) is 15.5. The van der Waals surface area contributed by atoms with E-state index in [0.717, 1.165) is 54.0 Å². The highest BCUT2D eigenvalue weighted by Gasteiger charge is 2.35. The predicted octanol–water partition coefficient (Wildman–Crippen LogP) is 16.1. The minimum atomic E-state index is -2.93. The average molecular weight is 745 g/mol. The quantitative estimate of drug-likeness (QED) is 0.163. The topological polar surface area (TPSA) is 9.23 Å². The normalized spacial score (nSPS) is 15.2. The van der Waals surface area contributed by atoms with Crippen molar-refractivity contribution < 1.29 is 13.0 Å². The van der Waals surface area contributed by atoms with Gasteiger partial charge in [0.15, 0.2) is 0 Å². The molecule has 11 aromatic rings. The summed E-state index contributed by atoms with van der Waals surface area (Å²) in [5.74, 6) is 0.455. The van der Waals surface area contributed by atoms with E-state index in [1.807, 2.05) is 12.1 Å². The summed E-state index contributed by atoms with van der Waals surface area (Å²) in [6.45, 7) is -5.87. The summed E-state index contributed by atoms with van der Waals surface area (Å²) >= 11 is 0. The van der Waals surface area contributed by atoms with E-state index in [4.69, 9.17) is 13.0 Å². The third kappa shape index (κ3) is 4.71. The summed E-state index contributed by atoms with van der Waals surface area (Å²) in [6.07, 6.45) is 0. The fourth-order valence-corrected chi connectivity index (χ4v) is 9.71. The van der Waals surface area contributed by atoms with Crippen molar-refractivity contribution in [3.63, 3.8) is 0 Å². The number of ether oxygens (including phenoxy) is 1. The van der Waals surface area contributed by atoms with Gasteiger partial charge in [0, 0.05) is 30.3 Å². The van der Waals surface area contributed by atoms with Gasteiger partial charge in [-0.3, -0.25) is 0 Å². The van der Waals surface area contributed by atoms with Gasteiger partial charge in [-0.25, -0.2) is 0 Å². The molecule has 0 amide bonds. The molecule has 0 N–H and O–H groups in total. The molecule has 0 bridgehead atoms. The van der Waals surface area contributed by atoms with Crippen LogP contribution >= 0.6 is 0 Å². The fourth-order valence-electron chi connectivity index (χ4n) is 9.71. The highest BCUT2D eigenvalue weighted by atomic mass is 16.5. The summed E-state index contributed by atoms with van der Waals surface area (Å²) in [5, 5.41) is 18.0. The van der Waals surface area contributed by atoms with Crippen molar-refractivity contribution in [2.75, 3.05) is 0 Å². The van der Waals surface area contributed by atoms with Gasteiger partial charge < -0.3 is 4.74 Å². The standard InChI is InChI=1S/C57H38O/c1-57(2)53-27-13-14-29-55(53)58-56-36(26-15-28-54(56)57)35-30-31-47-41-20-7-10-23-44(41)51-33-49-42-21-8-5-18-39(42)37-16-3-4-17-38(37)40-19-6-9-22-43(40)50(49)34-52(51)46-25-12-11-24-45(46)48(47)32-35/h3-34H,1-2H3/i1D3,2D3. The second kappa shape index (κ2) is 12.4. The van der Waals surface area contributed by atoms with Gasteiger partial charge >= 0.3 is 0 Å². The number of hydrogen-bond donors (Lipinski definition) is 0. The number of rotatable bonds is 1. The van der Waals surface area contributed by atoms with Gasteiger partial charge in [-0.1, -0.05) is 184 Å². The van der Waals surface area contributed by atoms with Crippen molar-refractivity contribution in [1.82, 2.24) is 0 Å². The minimum Gasteiger partial charge on any atom is -0.456 e. The molecular formula is C57H38O. The van der Waals surface area contributed by atoms with Gasteiger partial charge in [-0.05, 0) is 116 Å². The number of fused-ring (bicyclic) bond motifs is 18. The lowest BCUT2D eigenvalue weighted by Crippen LogP contribution is -2.24. The summed E-state index contributed by atoms with van der Waals surface area (Å²) in [4.78, 5) is 0. The predicted molar refractivity (Wildman–Crippen MR) is 248 cm³/mol. The zero-order valence-corrected chi connectivity index (χ0v) is 31.4. The maximum atomic E-state index is 8.85. The Labute approximate surface area is 345 Å². The van der Waals surface area contributed by atoms with Crippen LogP contribution in [0.2, 0.25) is 0 Å². The molecule has 272 valence electrons. The van der Waals surface area contributed by atoms with Crippen LogP contribution in [0, 0.1) is 0 Å². The molecule has 0 saturated heterocycles. The Balaban J connectivity index is 1.23. The maximum absolute atomic E-state index is 8.85. The molecule has 0 aromatic heterocycles. The summed E-state index contributed by atoms with van der Waals surface area (Å²) in [5.41, 5.74) is -0.688. The Morgan fingerprint density at radius 3 is 1.14 bits per heavy atom. The average Bonchev–Trinajstić information content (AvgIpc) is 3.31. The third-order valence-corrected chi connectivity index (χ3v) is 12.4. The van der Waals surface area contributed by atoms with Crippen LogP contribution < -0.4 is 4.74 Å². The van der Waals surface area contributed by atoms with Crippen molar-refractivity contribution in [3.05, 3.63) is 205 Å². The molecular weight excluding hydrogens is 701 g/mol. The zero-order valence-electron chi connectivity index (χ0n) is 37.4. The lowest BCUT2D eigenvalue weighted by Gasteiger charge is -2.35. The van der Waals surface area contributed by atoms with Crippen LogP contribution in [0.25, 0.3) is 97.3 Å². The summed E-state index contributed by atoms with van der Waals surface area (Å²) in [6, 6.07) is 66.3. The van der Waals surface area contributed by atoms with Crippen LogP contribution in [-0.2, 0) is 5.41 Å². The third-order valence-electron chi connectivity index (χ3n) is 12.4. The van der Waals surface area contributed by atoms with Gasteiger partial charge in [0.2, 0.25) is 0 Å². The van der Waals surface area contributed by atoms with E-state index in [1.165, 1.54) is 37.7 Å². The molecule has 0 atom stereocenters. The van der Waals surface area contributed by atoms with Crippen LogP contribution in [0.3, 0.4) is 0 Å². The molecule has 0 saturated carbocycles. The van der Waals surface area contributed by atoms with Gasteiger partial charge in [0.05, 0.1) is 0 Å². The van der Waals surface area contributed by atoms with E-state index in [9.17, 15) is 0 Å². The lowest BCUT2D eigenvalue weighted by molar-refractivity contribution is 0.419. The number of hydrogen-bond acceptors (Lipinski definition) is 1. The van der Waals surface area contributed by atoms with Crippen LogP contribution in [0.1, 0.15) is 33.1 Å². The Hall–Kier alpha value is -7.22. The van der Waals surface area contributed by atoms with Crippen molar-refractivity contribution in [1.29, 1.82) is 0 Å². The number of para-hydroxylation sites is 2. The van der Waals surface area contributed by atoms with Gasteiger partial charge in [-0.2, -0.15) is 0 Å². The Bertz CT molecular complexity index is 3850. The lowest BCUT2D eigenvalue weighted by atomic mass is 9.75. The molecule has 1 nitrogen and oxygen atoms in total. The zero-order chi connectivity index (χ0) is 43.5. The van der Waals surface area contributed by atoms with Gasteiger partial charge in [0.1, 0.15) is 11.5 Å². The molecule has 1 heterocycles. The molecule has 11 aromatic carbocycles. The minimum absolute atomic E-state index is 0.121. The first-order valence-electron chi connectivity index (χ1n) is 22.8. The largest absolute Gasteiger partial charge is 0.456 e. The molecule has 0 aliphatic carbocycles.